The van der Waals surface area contributed by atoms with Crippen LogP contribution < -0.4 is 23.8 Å². The smallest absolute Gasteiger partial charge is 0.265 e. The molecule has 4 aromatic carbocycles. The third-order valence-corrected chi connectivity index (χ3v) is 9.92. The molecule has 0 radical (unpaired) electrons. The molecular formula is C37H42ClN3O7S. The number of carbonyl (C=O) groups is 2. The van der Waals surface area contributed by atoms with Crippen LogP contribution in [0.3, 0.4) is 0 Å². The van der Waals surface area contributed by atoms with Gasteiger partial charge in [-0.1, -0.05) is 78.7 Å². The number of rotatable bonds is 16. The van der Waals surface area contributed by atoms with E-state index in [1.165, 1.54) is 56.6 Å². The summed E-state index contributed by atoms with van der Waals surface area (Å²) in [5, 5.41) is 3.18. The molecule has 0 saturated heterocycles. The summed E-state index contributed by atoms with van der Waals surface area (Å²) in [4.78, 5) is 29.8. The van der Waals surface area contributed by atoms with Gasteiger partial charge >= 0.3 is 0 Å². The molecule has 0 fully saturated rings. The molecule has 1 N–H and O–H groups in total. The Morgan fingerprint density at radius 1 is 0.816 bits per heavy atom. The molecule has 0 aliphatic heterocycles. The van der Waals surface area contributed by atoms with Crippen LogP contribution in [0.25, 0.3) is 0 Å². The minimum Gasteiger partial charge on any atom is -0.495 e. The molecule has 49 heavy (non-hydrogen) atoms. The van der Waals surface area contributed by atoms with E-state index in [-0.39, 0.29) is 46.0 Å². The Kier molecular flexibility index (Phi) is 12.9. The molecule has 260 valence electrons. The van der Waals surface area contributed by atoms with Crippen molar-refractivity contribution in [2.45, 2.75) is 44.2 Å². The van der Waals surface area contributed by atoms with Crippen molar-refractivity contribution in [3.05, 3.63) is 113 Å². The van der Waals surface area contributed by atoms with Gasteiger partial charge in [0.25, 0.3) is 10.0 Å². The van der Waals surface area contributed by atoms with Gasteiger partial charge in [-0.05, 0) is 54.8 Å². The van der Waals surface area contributed by atoms with Gasteiger partial charge in [-0.2, -0.15) is 0 Å². The topological polar surface area (TPSA) is 114 Å². The van der Waals surface area contributed by atoms with Gasteiger partial charge in [-0.15, -0.1) is 0 Å². The SMILES string of the molecule is CCCNC(=O)[C@@H](Cc1ccccc1)N(Cc1ccc(C)cc1)C(=O)CN(c1cc(Cl)ccc1OC)S(=O)(=O)c1ccc(OC)c(OC)c1. The molecule has 0 aliphatic carbocycles. The zero-order valence-electron chi connectivity index (χ0n) is 28.3. The normalized spacial score (nSPS) is 11.7. The fourth-order valence-electron chi connectivity index (χ4n) is 5.29. The first-order chi connectivity index (χ1) is 23.5. The van der Waals surface area contributed by atoms with E-state index in [1.54, 1.807) is 6.07 Å². The highest BCUT2D eigenvalue weighted by atomic mass is 35.5. The Bertz CT molecular complexity index is 1840. The van der Waals surface area contributed by atoms with Crippen molar-refractivity contribution in [3.8, 4) is 17.2 Å². The van der Waals surface area contributed by atoms with Gasteiger partial charge in [0.05, 0.1) is 31.9 Å². The van der Waals surface area contributed by atoms with Crippen molar-refractivity contribution in [2.24, 2.45) is 0 Å². The van der Waals surface area contributed by atoms with Crippen LogP contribution in [-0.2, 0) is 32.6 Å². The fourth-order valence-corrected chi connectivity index (χ4v) is 6.88. The standard InChI is InChI=1S/C37H42ClN3O7S/c1-6-20-39-37(43)32(21-27-10-8-7-9-11-27)40(24-28-14-12-26(2)13-15-28)36(42)25-41(31-22-29(38)16-18-33(31)46-3)49(44,45)30-17-19-34(47-4)35(23-30)48-5/h7-19,22-23,32H,6,20-21,24-25H2,1-5H3,(H,39,43)/t32-/m1/s1. The van der Waals surface area contributed by atoms with Gasteiger partial charge in [0.15, 0.2) is 11.5 Å². The number of ether oxygens (including phenoxy) is 3. The maximum Gasteiger partial charge on any atom is 0.265 e. The van der Waals surface area contributed by atoms with Crippen LogP contribution in [-0.4, -0.2) is 65.6 Å². The number of sulfonamides is 1. The highest BCUT2D eigenvalue weighted by Gasteiger charge is 2.36. The van der Waals surface area contributed by atoms with Crippen LogP contribution in [0.4, 0.5) is 5.69 Å². The van der Waals surface area contributed by atoms with Gasteiger partial charge in [0.2, 0.25) is 11.8 Å². The highest BCUT2D eigenvalue weighted by Crippen LogP contribution is 2.37. The second-order valence-corrected chi connectivity index (χ2v) is 13.6. The van der Waals surface area contributed by atoms with Crippen molar-refractivity contribution in [2.75, 3.05) is 38.7 Å². The minimum atomic E-state index is -4.48. The zero-order chi connectivity index (χ0) is 35.6. The zero-order valence-corrected chi connectivity index (χ0v) is 29.9. The van der Waals surface area contributed by atoms with E-state index >= 15 is 0 Å². The monoisotopic (exact) mass is 707 g/mol. The van der Waals surface area contributed by atoms with Gasteiger partial charge in [0.1, 0.15) is 18.3 Å². The van der Waals surface area contributed by atoms with E-state index < -0.39 is 28.5 Å². The van der Waals surface area contributed by atoms with E-state index in [0.717, 1.165) is 21.0 Å². The van der Waals surface area contributed by atoms with Crippen LogP contribution in [0.15, 0.2) is 95.9 Å². The lowest BCUT2D eigenvalue weighted by atomic mass is 10.0. The molecule has 1 atom stereocenters. The predicted octanol–water partition coefficient (Wildman–Crippen LogP) is 6.04. The van der Waals surface area contributed by atoms with E-state index in [4.69, 9.17) is 25.8 Å². The van der Waals surface area contributed by atoms with E-state index in [1.807, 2.05) is 68.4 Å². The number of nitrogens with zero attached hydrogens (tertiary/aromatic N) is 2. The molecule has 0 heterocycles. The van der Waals surface area contributed by atoms with Crippen molar-refractivity contribution < 1.29 is 32.2 Å². The molecule has 0 bridgehead atoms. The number of aryl methyl sites for hydroxylation is 1. The summed E-state index contributed by atoms with van der Waals surface area (Å²) < 4.78 is 46.3. The number of hydrogen-bond acceptors (Lipinski definition) is 7. The summed E-state index contributed by atoms with van der Waals surface area (Å²) in [5.41, 5.74) is 2.69. The van der Waals surface area contributed by atoms with Crippen molar-refractivity contribution in [3.63, 3.8) is 0 Å². The Balaban J connectivity index is 1.87. The molecule has 0 aromatic heterocycles. The average molecular weight is 708 g/mol. The fraction of sp³-hybridized carbons (Fsp3) is 0.297. The molecule has 12 heteroatoms. The Morgan fingerprint density at radius 2 is 1.47 bits per heavy atom. The van der Waals surface area contributed by atoms with Gasteiger partial charge in [-0.25, -0.2) is 8.42 Å². The number of carbonyl (C=O) groups excluding carboxylic acids is 2. The molecule has 0 spiro atoms. The Morgan fingerprint density at radius 3 is 2.10 bits per heavy atom. The first kappa shape index (κ1) is 37.1. The third-order valence-electron chi connectivity index (χ3n) is 7.93. The lowest BCUT2D eigenvalue weighted by Crippen LogP contribution is -2.53. The molecule has 10 nitrogen and oxygen atoms in total. The number of anilines is 1. The molecule has 2 amide bonds. The quantitative estimate of drug-likeness (QED) is 0.151. The van der Waals surface area contributed by atoms with Gasteiger partial charge in [0, 0.05) is 30.6 Å². The summed E-state index contributed by atoms with van der Waals surface area (Å²) in [6, 6.07) is 24.7. The number of benzene rings is 4. The van der Waals surface area contributed by atoms with Crippen LogP contribution in [0.1, 0.15) is 30.0 Å². The van der Waals surface area contributed by atoms with E-state index in [0.29, 0.717) is 18.7 Å². The molecule has 4 rings (SSSR count). The predicted molar refractivity (Wildman–Crippen MR) is 191 cm³/mol. The van der Waals surface area contributed by atoms with Gasteiger partial charge < -0.3 is 24.4 Å². The van der Waals surface area contributed by atoms with Crippen LogP contribution in [0, 0.1) is 6.92 Å². The maximum absolute atomic E-state index is 14.7. The summed E-state index contributed by atoms with van der Waals surface area (Å²) in [5.74, 6) is -0.271. The summed E-state index contributed by atoms with van der Waals surface area (Å²) >= 11 is 6.39. The summed E-state index contributed by atoms with van der Waals surface area (Å²) in [6.45, 7) is 3.68. The van der Waals surface area contributed by atoms with Gasteiger partial charge in [-0.3, -0.25) is 13.9 Å². The van der Waals surface area contributed by atoms with Crippen molar-refractivity contribution in [1.29, 1.82) is 0 Å². The maximum atomic E-state index is 14.7. The summed E-state index contributed by atoms with van der Waals surface area (Å²) in [6.07, 6.45) is 0.901. The minimum absolute atomic E-state index is 0.0449. The number of halogens is 1. The van der Waals surface area contributed by atoms with Crippen LogP contribution in [0.2, 0.25) is 5.02 Å². The first-order valence-electron chi connectivity index (χ1n) is 15.8. The highest BCUT2D eigenvalue weighted by molar-refractivity contribution is 7.92. The second kappa shape index (κ2) is 17.1. The van der Waals surface area contributed by atoms with Crippen LogP contribution >= 0.6 is 11.6 Å². The first-order valence-corrected chi connectivity index (χ1v) is 17.6. The largest absolute Gasteiger partial charge is 0.495 e. The summed E-state index contributed by atoms with van der Waals surface area (Å²) in [7, 11) is -0.239. The lowest BCUT2D eigenvalue weighted by molar-refractivity contribution is -0.140. The Hall–Kier alpha value is -4.74. The van der Waals surface area contributed by atoms with Crippen molar-refractivity contribution in [1.82, 2.24) is 10.2 Å². The number of hydrogen-bond donors (Lipinski definition) is 1. The lowest BCUT2D eigenvalue weighted by Gasteiger charge is -2.34. The molecule has 0 saturated carbocycles. The van der Waals surface area contributed by atoms with E-state index in [2.05, 4.69) is 5.32 Å². The number of nitrogens with one attached hydrogen (secondary N) is 1. The Labute approximate surface area is 293 Å². The third kappa shape index (κ3) is 9.24. The molecule has 4 aromatic rings. The average Bonchev–Trinajstić information content (AvgIpc) is 3.11. The van der Waals surface area contributed by atoms with Crippen molar-refractivity contribution >= 4 is 39.1 Å². The molecule has 0 unspecified atom stereocenters. The number of amides is 2. The molecule has 0 aliphatic rings. The van der Waals surface area contributed by atoms with E-state index in [9.17, 15) is 18.0 Å². The number of methoxy groups -OCH3 is 3. The van der Waals surface area contributed by atoms with Crippen LogP contribution in [0.5, 0.6) is 17.2 Å². The second-order valence-electron chi connectivity index (χ2n) is 11.3. The molecular weight excluding hydrogens is 666 g/mol.